The second-order valence-corrected chi connectivity index (χ2v) is 3.13. The predicted molar refractivity (Wildman–Crippen MR) is 40.6 cm³/mol. The molecule has 44 valence electrons. The van der Waals surface area contributed by atoms with E-state index < -0.39 is 0 Å². The molecule has 0 saturated carbocycles. The fourth-order valence-corrected chi connectivity index (χ4v) is 1.53. The molecule has 0 fully saturated rings. The molecule has 0 N–H and O–H groups in total. The quantitative estimate of drug-likeness (QED) is 0.482. The minimum absolute atomic E-state index is 0.894. The van der Waals surface area contributed by atoms with Gasteiger partial charge in [0.15, 0.2) is 0 Å². The van der Waals surface area contributed by atoms with E-state index in [4.69, 9.17) is 0 Å². The maximum absolute atomic E-state index is 4.21. The van der Waals surface area contributed by atoms with Gasteiger partial charge < -0.3 is 0 Å². The van der Waals surface area contributed by atoms with Crippen LogP contribution >= 0.6 is 11.3 Å². The normalized spacial score (nSPS) is 10.6. The molecule has 2 aromatic heterocycles. The number of nitrogens with zero attached hydrogens (tertiary/aromatic N) is 3. The van der Waals surface area contributed by atoms with Gasteiger partial charge in [-0.15, -0.1) is 0 Å². The first-order chi connectivity index (χ1) is 4.86. The Morgan fingerprint density at radius 1 is 1.50 bits per heavy atom. The summed E-state index contributed by atoms with van der Waals surface area (Å²) >= 11 is 3.55. The molecule has 0 aliphatic rings. The van der Waals surface area contributed by atoms with Crippen LogP contribution in [-0.4, -0.2) is 32.7 Å². The Balaban J connectivity index is 2.88. The summed E-state index contributed by atoms with van der Waals surface area (Å²) in [6.45, 7) is 0. The van der Waals surface area contributed by atoms with E-state index in [9.17, 15) is 0 Å². The molecule has 0 aromatic carbocycles. The first kappa shape index (κ1) is 6.29. The summed E-state index contributed by atoms with van der Waals surface area (Å²) in [5.74, 6) is 0. The first-order valence-electron chi connectivity index (χ1n) is 2.89. The summed E-state index contributed by atoms with van der Waals surface area (Å²) in [6, 6.07) is 0. The van der Waals surface area contributed by atoms with E-state index in [1.807, 2.05) is 17.7 Å². The van der Waals surface area contributed by atoms with Crippen LogP contribution in [0.4, 0.5) is 0 Å². The zero-order valence-electron chi connectivity index (χ0n) is 5.40. The number of aromatic nitrogens is 3. The standard InChI is InChI=1S/C5H2N3S.Li/c1-4-5(7-2-6-1)9-3-8-4;/h1-2H;. The third-order valence-corrected chi connectivity index (χ3v) is 2.07. The van der Waals surface area contributed by atoms with Crippen molar-refractivity contribution in [1.82, 2.24) is 15.0 Å². The van der Waals surface area contributed by atoms with Crippen LogP contribution in [0.15, 0.2) is 12.5 Å². The molecule has 0 amide bonds. The molecule has 0 radical (unpaired) electrons. The molecule has 0 saturated heterocycles. The third kappa shape index (κ3) is 0.947. The molecule has 0 aliphatic carbocycles. The molecule has 2 aromatic rings. The van der Waals surface area contributed by atoms with Crippen LogP contribution in [0.2, 0.25) is 0 Å². The molecule has 0 spiro atoms. The Kier molecular flexibility index (Phi) is 1.45. The van der Waals surface area contributed by atoms with Gasteiger partial charge in [0.25, 0.3) is 0 Å². The van der Waals surface area contributed by atoms with Crippen molar-refractivity contribution in [3.8, 4) is 0 Å². The van der Waals surface area contributed by atoms with Gasteiger partial charge in [0.1, 0.15) is 0 Å². The van der Waals surface area contributed by atoms with Gasteiger partial charge in [-0.2, -0.15) is 0 Å². The SMILES string of the molecule is [Li][c]1nc2cncnc2s1. The molecule has 0 aliphatic heterocycles. The summed E-state index contributed by atoms with van der Waals surface area (Å²) in [7, 11) is 0. The fraction of sp³-hybridized carbons (Fsp3) is 0. The molecule has 3 nitrogen and oxygen atoms in total. The van der Waals surface area contributed by atoms with Crippen molar-refractivity contribution in [2.75, 3.05) is 0 Å². The van der Waals surface area contributed by atoms with E-state index in [0.29, 0.717) is 0 Å². The zero-order chi connectivity index (χ0) is 6.97. The van der Waals surface area contributed by atoms with Crippen LogP contribution in [-0.2, 0) is 0 Å². The maximum atomic E-state index is 4.21. The van der Waals surface area contributed by atoms with Gasteiger partial charge >= 0.3 is 70.6 Å². The monoisotopic (exact) mass is 143 g/mol. The Hall–Kier alpha value is -0.433. The van der Waals surface area contributed by atoms with Crippen molar-refractivity contribution in [1.29, 1.82) is 0 Å². The molecule has 2 heterocycles. The number of thiazole rings is 1. The van der Waals surface area contributed by atoms with Crippen LogP contribution in [0.1, 0.15) is 0 Å². The molecule has 0 atom stereocenters. The molecule has 0 unspecified atom stereocenters. The third-order valence-electron chi connectivity index (χ3n) is 1.18. The summed E-state index contributed by atoms with van der Waals surface area (Å²) in [5.41, 5.74) is 0.894. The van der Waals surface area contributed by atoms with E-state index in [1.54, 1.807) is 23.9 Å². The Morgan fingerprint density at radius 2 is 2.40 bits per heavy atom. The van der Waals surface area contributed by atoms with E-state index in [0.717, 1.165) is 14.0 Å². The van der Waals surface area contributed by atoms with E-state index in [1.165, 1.54) is 0 Å². The van der Waals surface area contributed by atoms with Crippen LogP contribution in [0, 0.1) is 0 Å². The second-order valence-electron chi connectivity index (χ2n) is 1.95. The zero-order valence-corrected chi connectivity index (χ0v) is 6.22. The molecule has 2 rings (SSSR count). The van der Waals surface area contributed by atoms with Crippen molar-refractivity contribution in [2.24, 2.45) is 0 Å². The molecular weight excluding hydrogens is 141 g/mol. The van der Waals surface area contributed by atoms with Gasteiger partial charge in [0, 0.05) is 0 Å². The Labute approximate surface area is 70.7 Å². The summed E-state index contributed by atoms with van der Waals surface area (Å²) in [6.07, 6.45) is 3.27. The summed E-state index contributed by atoms with van der Waals surface area (Å²) in [5, 5.41) is 0. The molecule has 5 heteroatoms. The average molecular weight is 143 g/mol. The van der Waals surface area contributed by atoms with Gasteiger partial charge in [-0.25, -0.2) is 0 Å². The van der Waals surface area contributed by atoms with Crippen LogP contribution in [0.3, 0.4) is 0 Å². The predicted octanol–water partition coefficient (Wildman–Crippen LogP) is -0.120. The summed E-state index contributed by atoms with van der Waals surface area (Å²) in [4.78, 5) is 13.1. The van der Waals surface area contributed by atoms with Crippen LogP contribution in [0.5, 0.6) is 0 Å². The molecule has 0 bridgehead atoms. The van der Waals surface area contributed by atoms with Gasteiger partial charge in [0.2, 0.25) is 0 Å². The second kappa shape index (κ2) is 2.31. The first-order valence-corrected chi connectivity index (χ1v) is 3.71. The minimum atomic E-state index is 0.894. The average Bonchev–Trinajstić information content (AvgIpc) is 2.27. The summed E-state index contributed by atoms with van der Waals surface area (Å²) < 4.78 is 1.04. The molecular formula is C5H2LiN3S. The van der Waals surface area contributed by atoms with Crippen molar-refractivity contribution in [2.45, 2.75) is 0 Å². The van der Waals surface area contributed by atoms with Gasteiger partial charge in [-0.3, -0.25) is 0 Å². The number of fused-ring (bicyclic) bond motifs is 1. The van der Waals surface area contributed by atoms with E-state index >= 15 is 0 Å². The van der Waals surface area contributed by atoms with E-state index in [2.05, 4.69) is 15.0 Å². The van der Waals surface area contributed by atoms with Crippen LogP contribution < -0.4 is 3.68 Å². The number of hydrogen-bond donors (Lipinski definition) is 0. The Morgan fingerprint density at radius 3 is 3.20 bits per heavy atom. The topological polar surface area (TPSA) is 38.7 Å². The van der Waals surface area contributed by atoms with Crippen molar-refractivity contribution in [3.63, 3.8) is 0 Å². The van der Waals surface area contributed by atoms with Crippen molar-refractivity contribution < 1.29 is 0 Å². The van der Waals surface area contributed by atoms with Gasteiger partial charge in [0.05, 0.1) is 0 Å². The van der Waals surface area contributed by atoms with E-state index in [-0.39, 0.29) is 0 Å². The Bertz CT molecular complexity index is 325. The van der Waals surface area contributed by atoms with Gasteiger partial charge in [-0.05, 0) is 0 Å². The van der Waals surface area contributed by atoms with Crippen molar-refractivity contribution in [3.05, 3.63) is 12.5 Å². The fourth-order valence-electron chi connectivity index (χ4n) is 0.799. The number of rotatable bonds is 0. The van der Waals surface area contributed by atoms with Crippen LogP contribution in [0.25, 0.3) is 10.3 Å². The molecule has 10 heavy (non-hydrogen) atoms. The number of hydrogen-bond acceptors (Lipinski definition) is 4. The van der Waals surface area contributed by atoms with Gasteiger partial charge in [-0.1, -0.05) is 0 Å². The van der Waals surface area contributed by atoms with Crippen molar-refractivity contribution >= 4 is 43.1 Å².